The van der Waals surface area contributed by atoms with Crippen LogP contribution in [0.5, 0.6) is 0 Å². The number of benzene rings is 3. The van der Waals surface area contributed by atoms with Crippen LogP contribution in [-0.4, -0.2) is 42.9 Å². The Morgan fingerprint density at radius 3 is 2.23 bits per heavy atom. The number of anilines is 1. The third-order valence-electron chi connectivity index (χ3n) is 6.87. The summed E-state index contributed by atoms with van der Waals surface area (Å²) in [5.74, 6) is -1.23. The zero-order valence-electron chi connectivity index (χ0n) is 19.2. The topological polar surface area (TPSA) is 78.9 Å². The lowest BCUT2D eigenvalue weighted by Crippen LogP contribution is -2.43. The Kier molecular flexibility index (Phi) is 6.64. The Bertz CT molecular complexity index is 1210. The van der Waals surface area contributed by atoms with Crippen molar-refractivity contribution in [1.82, 2.24) is 5.32 Å². The lowest BCUT2D eigenvalue weighted by atomic mass is 9.98. The summed E-state index contributed by atoms with van der Waals surface area (Å²) in [5, 5.41) is 12.7. The molecule has 0 aromatic heterocycles. The van der Waals surface area contributed by atoms with Crippen LogP contribution in [0.1, 0.15) is 35.4 Å². The third kappa shape index (κ3) is 4.84. The SMILES string of the molecule is O=C(NC(Cc1ccc(N2CCCC2)cc1Cl)C(=O)O)OCC1c2ccccc2-c2ccccc21. The summed E-state index contributed by atoms with van der Waals surface area (Å²) >= 11 is 6.47. The van der Waals surface area contributed by atoms with Crippen LogP contribution in [0.3, 0.4) is 0 Å². The lowest BCUT2D eigenvalue weighted by Gasteiger charge is -2.20. The van der Waals surface area contributed by atoms with Crippen molar-refractivity contribution in [2.45, 2.75) is 31.2 Å². The van der Waals surface area contributed by atoms with Crippen LogP contribution in [0.2, 0.25) is 5.02 Å². The number of alkyl carbamates (subject to hydrolysis) is 1. The summed E-state index contributed by atoms with van der Waals surface area (Å²) in [7, 11) is 0. The van der Waals surface area contributed by atoms with Crippen LogP contribution in [0.25, 0.3) is 11.1 Å². The number of carboxylic acids is 1. The Balaban J connectivity index is 1.24. The number of hydrogen-bond donors (Lipinski definition) is 2. The van der Waals surface area contributed by atoms with E-state index in [2.05, 4.69) is 22.3 Å². The Labute approximate surface area is 209 Å². The number of carbonyl (C=O) groups is 2. The van der Waals surface area contributed by atoms with E-state index in [1.807, 2.05) is 54.6 Å². The Morgan fingerprint density at radius 2 is 1.63 bits per heavy atom. The fourth-order valence-corrected chi connectivity index (χ4v) is 5.33. The van der Waals surface area contributed by atoms with Crippen LogP contribution in [0.15, 0.2) is 66.7 Å². The summed E-state index contributed by atoms with van der Waals surface area (Å²) in [4.78, 5) is 26.8. The molecule has 1 fully saturated rings. The molecule has 1 saturated heterocycles. The lowest BCUT2D eigenvalue weighted by molar-refractivity contribution is -0.139. The summed E-state index contributed by atoms with van der Waals surface area (Å²) in [6, 6.07) is 20.6. The highest BCUT2D eigenvalue weighted by Gasteiger charge is 2.30. The highest BCUT2D eigenvalue weighted by atomic mass is 35.5. The van der Waals surface area contributed by atoms with Crippen molar-refractivity contribution in [2.24, 2.45) is 0 Å². The molecule has 0 saturated carbocycles. The van der Waals surface area contributed by atoms with Crippen LogP contribution in [0, 0.1) is 0 Å². The van der Waals surface area contributed by atoms with Crippen LogP contribution in [-0.2, 0) is 16.0 Å². The fourth-order valence-electron chi connectivity index (χ4n) is 5.08. The predicted molar refractivity (Wildman–Crippen MR) is 136 cm³/mol. The molecule has 3 aromatic carbocycles. The second-order valence-corrected chi connectivity index (χ2v) is 9.44. The number of halogens is 1. The minimum atomic E-state index is -1.15. The molecule has 0 spiro atoms. The average molecular weight is 491 g/mol. The maximum absolute atomic E-state index is 12.6. The number of carboxylic acid groups (broad SMARTS) is 1. The van der Waals surface area contributed by atoms with Crippen LogP contribution < -0.4 is 10.2 Å². The molecule has 6 nitrogen and oxygen atoms in total. The minimum Gasteiger partial charge on any atom is -0.480 e. The predicted octanol–water partition coefficient (Wildman–Crippen LogP) is 5.47. The zero-order valence-corrected chi connectivity index (χ0v) is 20.0. The van der Waals surface area contributed by atoms with Gasteiger partial charge in [-0.15, -0.1) is 0 Å². The van der Waals surface area contributed by atoms with E-state index in [9.17, 15) is 14.7 Å². The van der Waals surface area contributed by atoms with Crippen LogP contribution in [0.4, 0.5) is 10.5 Å². The van der Waals surface area contributed by atoms with Crippen molar-refractivity contribution < 1.29 is 19.4 Å². The first-order valence-corrected chi connectivity index (χ1v) is 12.3. The van der Waals surface area contributed by atoms with E-state index >= 15 is 0 Å². The van der Waals surface area contributed by atoms with E-state index in [0.717, 1.165) is 53.9 Å². The monoisotopic (exact) mass is 490 g/mol. The van der Waals surface area contributed by atoms with E-state index in [0.29, 0.717) is 10.6 Å². The molecule has 1 heterocycles. The highest BCUT2D eigenvalue weighted by molar-refractivity contribution is 6.31. The molecule has 1 unspecified atom stereocenters. The van der Waals surface area contributed by atoms with E-state index in [1.165, 1.54) is 0 Å². The molecule has 1 amide bonds. The van der Waals surface area contributed by atoms with Gasteiger partial charge in [0.05, 0.1) is 0 Å². The molecule has 2 aliphatic rings. The first-order valence-electron chi connectivity index (χ1n) is 11.9. The largest absolute Gasteiger partial charge is 0.480 e. The zero-order chi connectivity index (χ0) is 24.4. The molecule has 3 aromatic rings. The number of aliphatic carboxylic acids is 1. The van der Waals surface area contributed by atoms with Gasteiger partial charge < -0.3 is 20.1 Å². The highest BCUT2D eigenvalue weighted by Crippen LogP contribution is 2.44. The molecule has 5 rings (SSSR count). The third-order valence-corrected chi connectivity index (χ3v) is 7.22. The average Bonchev–Trinajstić information content (AvgIpc) is 3.50. The molecule has 1 atom stereocenters. The van der Waals surface area contributed by atoms with Gasteiger partial charge in [-0.25, -0.2) is 9.59 Å². The number of nitrogens with zero attached hydrogens (tertiary/aromatic N) is 1. The Morgan fingerprint density at radius 1 is 1.00 bits per heavy atom. The van der Waals surface area contributed by atoms with Crippen molar-refractivity contribution >= 4 is 29.4 Å². The second-order valence-electron chi connectivity index (χ2n) is 9.03. The van der Waals surface area contributed by atoms with Gasteiger partial charge in [0, 0.05) is 36.1 Å². The summed E-state index contributed by atoms with van der Waals surface area (Å²) in [6.07, 6.45) is 1.62. The van der Waals surface area contributed by atoms with Gasteiger partial charge in [0.25, 0.3) is 0 Å². The van der Waals surface area contributed by atoms with Crippen LogP contribution >= 0.6 is 11.6 Å². The van der Waals surface area contributed by atoms with Crippen molar-refractivity contribution in [3.05, 3.63) is 88.4 Å². The fraction of sp³-hybridized carbons (Fsp3) is 0.286. The number of hydrogen-bond acceptors (Lipinski definition) is 4. The number of rotatable bonds is 7. The number of nitrogens with one attached hydrogen (secondary N) is 1. The molecule has 0 bridgehead atoms. The molecule has 2 N–H and O–H groups in total. The number of ether oxygens (including phenoxy) is 1. The maximum atomic E-state index is 12.6. The molecule has 7 heteroatoms. The quantitative estimate of drug-likeness (QED) is 0.459. The summed E-state index contributed by atoms with van der Waals surface area (Å²) in [6.45, 7) is 2.12. The van der Waals surface area contributed by atoms with Crippen molar-refractivity contribution in [3.8, 4) is 11.1 Å². The number of fused-ring (bicyclic) bond motifs is 3. The minimum absolute atomic E-state index is 0.0681. The Hall–Kier alpha value is -3.51. The van der Waals surface area contributed by atoms with Gasteiger partial charge in [-0.3, -0.25) is 0 Å². The molecular weight excluding hydrogens is 464 g/mol. The van der Waals surface area contributed by atoms with Gasteiger partial charge in [0.15, 0.2) is 0 Å². The standard InChI is InChI=1S/C28H27ClN2O4/c29-25-16-19(31-13-5-6-14-31)12-11-18(25)15-26(27(32)33)30-28(34)35-17-24-22-9-3-1-7-20(22)21-8-2-4-10-23(21)24/h1-4,7-12,16,24,26H,5-6,13-15,17H2,(H,30,34)(H,32,33). The van der Waals surface area contributed by atoms with Gasteiger partial charge in [-0.05, 0) is 52.8 Å². The molecular formula is C28H27ClN2O4. The van der Waals surface area contributed by atoms with Crippen molar-refractivity contribution in [3.63, 3.8) is 0 Å². The smallest absolute Gasteiger partial charge is 0.407 e. The summed E-state index contributed by atoms with van der Waals surface area (Å²) < 4.78 is 5.52. The molecule has 35 heavy (non-hydrogen) atoms. The summed E-state index contributed by atoms with van der Waals surface area (Å²) in [5.41, 5.74) is 6.16. The molecule has 1 aliphatic heterocycles. The van der Waals surface area contributed by atoms with Gasteiger partial charge in [0.1, 0.15) is 12.6 Å². The van der Waals surface area contributed by atoms with Gasteiger partial charge in [-0.2, -0.15) is 0 Å². The van der Waals surface area contributed by atoms with Gasteiger partial charge >= 0.3 is 12.1 Å². The number of amides is 1. The van der Waals surface area contributed by atoms with E-state index in [-0.39, 0.29) is 18.9 Å². The molecule has 180 valence electrons. The molecule has 0 radical (unpaired) electrons. The molecule has 1 aliphatic carbocycles. The van der Waals surface area contributed by atoms with Gasteiger partial charge in [-0.1, -0.05) is 66.2 Å². The van der Waals surface area contributed by atoms with Crippen molar-refractivity contribution in [2.75, 3.05) is 24.6 Å². The number of carbonyl (C=O) groups excluding carboxylic acids is 1. The second kappa shape index (κ2) is 10.0. The van der Waals surface area contributed by atoms with E-state index in [4.69, 9.17) is 16.3 Å². The van der Waals surface area contributed by atoms with E-state index in [1.54, 1.807) is 0 Å². The van der Waals surface area contributed by atoms with E-state index < -0.39 is 18.1 Å². The maximum Gasteiger partial charge on any atom is 0.407 e. The van der Waals surface area contributed by atoms with Gasteiger partial charge in [0.2, 0.25) is 0 Å². The first-order chi connectivity index (χ1) is 17.0. The normalized spacial score (nSPS) is 15.4. The first kappa shape index (κ1) is 23.2. The van der Waals surface area contributed by atoms with Crippen molar-refractivity contribution in [1.29, 1.82) is 0 Å².